The molecule has 0 unspecified atom stereocenters. The van der Waals surface area contributed by atoms with Crippen molar-refractivity contribution in [1.29, 1.82) is 0 Å². The summed E-state index contributed by atoms with van der Waals surface area (Å²) in [5.41, 5.74) is 3.99. The Morgan fingerprint density at radius 1 is 1.20 bits per heavy atom. The number of rotatable bonds is 5. The second-order valence-electron chi connectivity index (χ2n) is 4.68. The molecule has 20 heavy (non-hydrogen) atoms. The Labute approximate surface area is 124 Å². The molecule has 0 amide bonds. The van der Waals surface area contributed by atoms with Crippen molar-refractivity contribution in [3.8, 4) is 11.6 Å². The summed E-state index contributed by atoms with van der Waals surface area (Å²) in [7, 11) is 1.67. The minimum absolute atomic E-state index is 0.381. The van der Waals surface area contributed by atoms with Crippen molar-refractivity contribution in [1.82, 2.24) is 4.98 Å². The van der Waals surface area contributed by atoms with E-state index in [9.17, 15) is 0 Å². The molecule has 1 aromatic carbocycles. The fraction of sp³-hybridized carbons (Fsp3) is 0.312. The van der Waals surface area contributed by atoms with Gasteiger partial charge in [-0.3, -0.25) is 0 Å². The number of nitrogens with zero attached hydrogens (tertiary/aromatic N) is 1. The predicted octanol–water partition coefficient (Wildman–Crippen LogP) is 4.38. The zero-order valence-corrected chi connectivity index (χ0v) is 12.7. The molecule has 1 heterocycles. The quantitative estimate of drug-likeness (QED) is 0.766. The van der Waals surface area contributed by atoms with E-state index in [2.05, 4.69) is 4.98 Å². The molecule has 2 rings (SSSR count). The van der Waals surface area contributed by atoms with Crippen LogP contribution in [-0.2, 0) is 17.2 Å². The highest BCUT2D eigenvalue weighted by atomic mass is 35.5. The maximum Gasteiger partial charge on any atom is 0.224 e. The molecule has 0 saturated heterocycles. The number of benzene rings is 1. The van der Waals surface area contributed by atoms with Gasteiger partial charge in [0.25, 0.3) is 0 Å². The van der Waals surface area contributed by atoms with Gasteiger partial charge in [0, 0.05) is 18.4 Å². The zero-order chi connectivity index (χ0) is 14.5. The van der Waals surface area contributed by atoms with Crippen LogP contribution >= 0.6 is 11.6 Å². The van der Waals surface area contributed by atoms with Crippen LogP contribution < -0.4 is 4.74 Å². The summed E-state index contributed by atoms with van der Waals surface area (Å²) in [4.78, 5) is 4.44. The average molecular weight is 292 g/mol. The normalized spacial score (nSPS) is 10.6. The monoisotopic (exact) mass is 291 g/mol. The predicted molar refractivity (Wildman–Crippen MR) is 80.5 cm³/mol. The van der Waals surface area contributed by atoms with Crippen molar-refractivity contribution in [3.63, 3.8) is 0 Å². The molecule has 0 bridgehead atoms. The molecule has 0 aliphatic heterocycles. The second kappa shape index (κ2) is 6.73. The minimum atomic E-state index is 0.381. The van der Waals surface area contributed by atoms with Gasteiger partial charge < -0.3 is 9.47 Å². The van der Waals surface area contributed by atoms with Crippen LogP contribution in [0.15, 0.2) is 30.3 Å². The van der Waals surface area contributed by atoms with E-state index in [1.54, 1.807) is 7.11 Å². The minimum Gasteiger partial charge on any atom is -0.439 e. The SMILES string of the molecule is COCc1cccc(Oc2nc(C)cc(C)c2CCl)c1. The van der Waals surface area contributed by atoms with Crippen molar-refractivity contribution in [2.45, 2.75) is 26.3 Å². The number of pyridine rings is 1. The van der Waals surface area contributed by atoms with E-state index < -0.39 is 0 Å². The number of aryl methyl sites for hydroxylation is 2. The van der Waals surface area contributed by atoms with E-state index in [1.807, 2.05) is 44.2 Å². The first-order valence-corrected chi connectivity index (χ1v) is 6.96. The summed E-state index contributed by atoms with van der Waals surface area (Å²) in [6.45, 7) is 4.51. The van der Waals surface area contributed by atoms with E-state index in [0.29, 0.717) is 18.4 Å². The summed E-state index contributed by atoms with van der Waals surface area (Å²) >= 11 is 6.00. The van der Waals surface area contributed by atoms with Crippen LogP contribution in [0.5, 0.6) is 11.6 Å². The zero-order valence-electron chi connectivity index (χ0n) is 11.9. The number of hydrogen-bond donors (Lipinski definition) is 0. The Balaban J connectivity index is 2.32. The third-order valence-electron chi connectivity index (χ3n) is 3.00. The Hall–Kier alpha value is -1.58. The largest absolute Gasteiger partial charge is 0.439 e. The topological polar surface area (TPSA) is 31.4 Å². The fourth-order valence-electron chi connectivity index (χ4n) is 2.05. The number of hydrogen-bond acceptors (Lipinski definition) is 3. The van der Waals surface area contributed by atoms with Crippen molar-refractivity contribution in [3.05, 3.63) is 52.7 Å². The molecule has 106 valence electrons. The molecule has 0 spiro atoms. The summed E-state index contributed by atoms with van der Waals surface area (Å²) in [5.74, 6) is 1.70. The molecule has 0 N–H and O–H groups in total. The molecule has 0 atom stereocenters. The molecule has 0 fully saturated rings. The highest BCUT2D eigenvalue weighted by Gasteiger charge is 2.10. The van der Waals surface area contributed by atoms with E-state index in [-0.39, 0.29) is 0 Å². The standard InChI is InChI=1S/C16H18ClNO2/c1-11-7-12(2)18-16(15(11)9-17)20-14-6-4-5-13(8-14)10-19-3/h4-8H,9-10H2,1-3H3. The van der Waals surface area contributed by atoms with Gasteiger partial charge >= 0.3 is 0 Å². The lowest BCUT2D eigenvalue weighted by Crippen LogP contribution is -1.98. The van der Waals surface area contributed by atoms with Gasteiger partial charge in [-0.2, -0.15) is 0 Å². The lowest BCUT2D eigenvalue weighted by atomic mass is 10.1. The first-order chi connectivity index (χ1) is 9.63. The molecule has 2 aromatic rings. The van der Waals surface area contributed by atoms with Crippen molar-refractivity contribution in [2.75, 3.05) is 7.11 Å². The van der Waals surface area contributed by atoms with Crippen LogP contribution in [0.1, 0.15) is 22.4 Å². The lowest BCUT2D eigenvalue weighted by molar-refractivity contribution is 0.184. The fourth-order valence-corrected chi connectivity index (χ4v) is 2.38. The molecule has 0 saturated carbocycles. The van der Waals surface area contributed by atoms with E-state index in [0.717, 1.165) is 28.1 Å². The molecule has 0 aliphatic rings. The van der Waals surface area contributed by atoms with Crippen LogP contribution in [-0.4, -0.2) is 12.1 Å². The highest BCUT2D eigenvalue weighted by Crippen LogP contribution is 2.28. The van der Waals surface area contributed by atoms with Gasteiger partial charge in [-0.15, -0.1) is 11.6 Å². The van der Waals surface area contributed by atoms with Crippen molar-refractivity contribution < 1.29 is 9.47 Å². The number of alkyl halides is 1. The van der Waals surface area contributed by atoms with E-state index in [1.165, 1.54) is 0 Å². The molecule has 1 aromatic heterocycles. The van der Waals surface area contributed by atoms with E-state index >= 15 is 0 Å². The van der Waals surface area contributed by atoms with Gasteiger partial charge in [0.1, 0.15) is 5.75 Å². The van der Waals surface area contributed by atoms with Gasteiger partial charge in [0.15, 0.2) is 0 Å². The van der Waals surface area contributed by atoms with Crippen LogP contribution in [0.4, 0.5) is 0 Å². The summed E-state index contributed by atoms with van der Waals surface area (Å²) < 4.78 is 11.0. The van der Waals surface area contributed by atoms with E-state index in [4.69, 9.17) is 21.1 Å². The van der Waals surface area contributed by atoms with Gasteiger partial charge in [-0.05, 0) is 43.2 Å². The van der Waals surface area contributed by atoms with Crippen LogP contribution in [0, 0.1) is 13.8 Å². The smallest absolute Gasteiger partial charge is 0.224 e. The summed E-state index contributed by atoms with van der Waals surface area (Å²) in [6.07, 6.45) is 0. The first kappa shape index (κ1) is 14.8. The number of ether oxygens (including phenoxy) is 2. The second-order valence-corrected chi connectivity index (χ2v) is 4.95. The van der Waals surface area contributed by atoms with Gasteiger partial charge in [0.05, 0.1) is 12.5 Å². The molecular formula is C16H18ClNO2. The molecule has 0 aliphatic carbocycles. The average Bonchev–Trinajstić information content (AvgIpc) is 2.39. The third-order valence-corrected chi connectivity index (χ3v) is 3.26. The Kier molecular flexibility index (Phi) is 4.99. The molecule has 4 heteroatoms. The van der Waals surface area contributed by atoms with Crippen molar-refractivity contribution >= 4 is 11.6 Å². The van der Waals surface area contributed by atoms with Gasteiger partial charge in [-0.25, -0.2) is 4.98 Å². The maximum absolute atomic E-state index is 6.00. The van der Waals surface area contributed by atoms with Gasteiger partial charge in [0.2, 0.25) is 5.88 Å². The summed E-state index contributed by atoms with van der Waals surface area (Å²) in [6, 6.07) is 9.78. The van der Waals surface area contributed by atoms with Crippen LogP contribution in [0.25, 0.3) is 0 Å². The maximum atomic E-state index is 6.00. The number of methoxy groups -OCH3 is 1. The molecule has 3 nitrogen and oxygen atoms in total. The summed E-state index contributed by atoms with van der Waals surface area (Å²) in [5, 5.41) is 0. The van der Waals surface area contributed by atoms with Gasteiger partial charge in [-0.1, -0.05) is 12.1 Å². The molecular weight excluding hydrogens is 274 g/mol. The highest BCUT2D eigenvalue weighted by molar-refractivity contribution is 6.17. The Bertz CT molecular complexity index is 599. The number of halogens is 1. The van der Waals surface area contributed by atoms with Crippen LogP contribution in [0.2, 0.25) is 0 Å². The number of aromatic nitrogens is 1. The molecule has 0 radical (unpaired) electrons. The Morgan fingerprint density at radius 2 is 2.00 bits per heavy atom. The van der Waals surface area contributed by atoms with Crippen molar-refractivity contribution in [2.24, 2.45) is 0 Å². The first-order valence-electron chi connectivity index (χ1n) is 6.43. The third kappa shape index (κ3) is 3.50. The lowest BCUT2D eigenvalue weighted by Gasteiger charge is -2.12. The Morgan fingerprint density at radius 3 is 2.70 bits per heavy atom. The van der Waals surface area contributed by atoms with Crippen LogP contribution in [0.3, 0.4) is 0 Å².